The van der Waals surface area contributed by atoms with Crippen LogP contribution in [0.15, 0.2) is 30.9 Å². The van der Waals surface area contributed by atoms with E-state index >= 15 is 0 Å². The SMILES string of the molecule is C[C@@H]1Cc2ncnc(N3CCC(S(C)(=O)=O)CC3)c2CN1c1ccnc2[nH]ccc12.O=C(O)C(F)(F)F.O=C(O)C(F)(F)F. The highest BCUT2D eigenvalue weighted by atomic mass is 32.2. The first kappa shape index (κ1) is 34.3. The monoisotopic (exact) mass is 654 g/mol. The number of aromatic nitrogens is 4. The molecule has 44 heavy (non-hydrogen) atoms. The van der Waals surface area contributed by atoms with Crippen molar-refractivity contribution in [1.29, 1.82) is 0 Å². The predicted octanol–water partition coefficient (Wildman–Crippen LogP) is 3.58. The highest BCUT2D eigenvalue weighted by Crippen LogP contribution is 2.35. The minimum absolute atomic E-state index is 0.248. The van der Waals surface area contributed by atoms with E-state index in [2.05, 4.69) is 48.8 Å². The molecule has 0 aromatic carbocycles. The Kier molecular flexibility index (Phi) is 10.3. The number of piperidine rings is 1. The van der Waals surface area contributed by atoms with Crippen molar-refractivity contribution >= 4 is 44.3 Å². The molecule has 1 atom stereocenters. The van der Waals surface area contributed by atoms with Crippen LogP contribution in [0, 0.1) is 0 Å². The molecule has 0 radical (unpaired) electrons. The van der Waals surface area contributed by atoms with E-state index in [4.69, 9.17) is 19.8 Å². The third-order valence-corrected chi connectivity index (χ3v) is 8.62. The molecule has 5 rings (SSSR count). The number of alkyl halides is 6. The maximum Gasteiger partial charge on any atom is 0.490 e. The number of carboxylic acids is 2. The maximum absolute atomic E-state index is 11.9. The van der Waals surface area contributed by atoms with Gasteiger partial charge in [-0.15, -0.1) is 0 Å². The molecular weight excluding hydrogens is 626 g/mol. The average molecular weight is 655 g/mol. The van der Waals surface area contributed by atoms with Crippen molar-refractivity contribution in [1.82, 2.24) is 19.9 Å². The molecule has 242 valence electrons. The second-order valence-corrected chi connectivity index (χ2v) is 12.3. The normalized spacial score (nSPS) is 17.6. The van der Waals surface area contributed by atoms with E-state index in [1.54, 1.807) is 6.33 Å². The van der Waals surface area contributed by atoms with Crippen molar-refractivity contribution in [2.75, 3.05) is 29.1 Å². The van der Waals surface area contributed by atoms with Crippen LogP contribution in [0.3, 0.4) is 0 Å². The van der Waals surface area contributed by atoms with Gasteiger partial charge in [-0.3, -0.25) is 0 Å². The fourth-order valence-corrected chi connectivity index (χ4v) is 5.85. The van der Waals surface area contributed by atoms with Crippen molar-refractivity contribution < 1.29 is 54.6 Å². The first-order chi connectivity index (χ1) is 20.3. The summed E-state index contributed by atoms with van der Waals surface area (Å²) in [6.07, 6.45) is -1.28. The lowest BCUT2D eigenvalue weighted by molar-refractivity contribution is -0.193. The summed E-state index contributed by atoms with van der Waals surface area (Å²) < 4.78 is 87.3. The Labute approximate surface area is 246 Å². The number of carbonyl (C=O) groups is 2. The Bertz CT molecular complexity index is 1560. The quantitative estimate of drug-likeness (QED) is 0.353. The van der Waals surface area contributed by atoms with Gasteiger partial charge in [-0.1, -0.05) is 0 Å². The summed E-state index contributed by atoms with van der Waals surface area (Å²) in [5, 5.41) is 15.1. The lowest BCUT2D eigenvalue weighted by Gasteiger charge is -2.39. The second-order valence-electron chi connectivity index (χ2n) is 10.00. The Morgan fingerprint density at radius 2 is 1.55 bits per heavy atom. The van der Waals surface area contributed by atoms with Crippen molar-refractivity contribution in [2.45, 2.75) is 56.4 Å². The van der Waals surface area contributed by atoms with E-state index < -0.39 is 34.1 Å². The number of nitrogens with one attached hydrogen (secondary N) is 1. The molecule has 5 heterocycles. The Morgan fingerprint density at radius 3 is 2.07 bits per heavy atom. The molecule has 12 nitrogen and oxygen atoms in total. The lowest BCUT2D eigenvalue weighted by Crippen LogP contribution is -2.43. The molecule has 0 amide bonds. The molecule has 2 aliphatic heterocycles. The molecule has 1 fully saturated rings. The number of H-pyrrole nitrogens is 1. The van der Waals surface area contributed by atoms with Gasteiger partial charge in [0.05, 0.1) is 10.9 Å². The van der Waals surface area contributed by atoms with Gasteiger partial charge in [0, 0.05) is 67.4 Å². The summed E-state index contributed by atoms with van der Waals surface area (Å²) >= 11 is 0. The van der Waals surface area contributed by atoms with Gasteiger partial charge in [0.2, 0.25) is 0 Å². The Morgan fingerprint density at radius 1 is 0.977 bits per heavy atom. The van der Waals surface area contributed by atoms with Gasteiger partial charge in [0.25, 0.3) is 0 Å². The largest absolute Gasteiger partial charge is 0.490 e. The topological polar surface area (TPSA) is 170 Å². The molecule has 3 aromatic heterocycles. The zero-order valence-corrected chi connectivity index (χ0v) is 24.0. The van der Waals surface area contributed by atoms with Crippen LogP contribution in [0.4, 0.5) is 37.8 Å². The first-order valence-corrected chi connectivity index (χ1v) is 14.8. The van der Waals surface area contributed by atoms with Crippen LogP contribution >= 0.6 is 0 Å². The van der Waals surface area contributed by atoms with Gasteiger partial charge >= 0.3 is 24.3 Å². The summed E-state index contributed by atoms with van der Waals surface area (Å²) in [6.45, 7) is 4.35. The number of anilines is 2. The summed E-state index contributed by atoms with van der Waals surface area (Å²) in [4.78, 5) is 39.2. The number of sulfone groups is 1. The molecule has 0 aliphatic carbocycles. The zero-order valence-electron chi connectivity index (χ0n) is 23.2. The number of carboxylic acid groups (broad SMARTS) is 2. The fourth-order valence-electron chi connectivity index (χ4n) is 4.78. The standard InChI is InChI=1S/C21H26N6O2S.2C2HF3O2/c1-14-11-18-17(12-27(14)19-4-8-23-20-16(19)3-7-22-20)21(25-13-24-18)26-9-5-15(6-10-26)30(2,28)29;2*3-2(4,5)1(6)7/h3-4,7-8,13-15H,5-6,9-12H2,1-2H3,(H,22,23);2*(H,6,7)/t14-;;/m1../s1. The first-order valence-electron chi connectivity index (χ1n) is 12.9. The van der Waals surface area contributed by atoms with Gasteiger partial charge in [-0.2, -0.15) is 26.3 Å². The van der Waals surface area contributed by atoms with Gasteiger partial charge in [-0.25, -0.2) is 33.0 Å². The highest BCUT2D eigenvalue weighted by Gasteiger charge is 2.39. The second kappa shape index (κ2) is 13.2. The molecule has 1 saturated heterocycles. The van der Waals surface area contributed by atoms with E-state index in [0.717, 1.165) is 46.8 Å². The summed E-state index contributed by atoms with van der Waals surface area (Å²) in [6, 6.07) is 4.44. The minimum Gasteiger partial charge on any atom is -0.475 e. The van der Waals surface area contributed by atoms with Crippen LogP contribution < -0.4 is 9.80 Å². The third kappa shape index (κ3) is 8.48. The van der Waals surface area contributed by atoms with Crippen molar-refractivity contribution in [3.8, 4) is 0 Å². The van der Waals surface area contributed by atoms with Crippen molar-refractivity contribution in [3.05, 3.63) is 42.1 Å². The van der Waals surface area contributed by atoms with E-state index in [9.17, 15) is 34.8 Å². The zero-order chi connectivity index (χ0) is 33.0. The number of aliphatic carboxylic acids is 2. The van der Waals surface area contributed by atoms with Gasteiger partial charge in [0.1, 0.15) is 27.6 Å². The van der Waals surface area contributed by atoms with Crippen molar-refractivity contribution in [2.24, 2.45) is 0 Å². The number of hydrogen-bond donors (Lipinski definition) is 3. The Balaban J connectivity index is 0.000000317. The van der Waals surface area contributed by atoms with Crippen LogP contribution in [0.5, 0.6) is 0 Å². The molecule has 0 unspecified atom stereocenters. The van der Waals surface area contributed by atoms with E-state index in [1.807, 2.05) is 12.4 Å². The number of aromatic amines is 1. The third-order valence-electron chi connectivity index (χ3n) is 6.94. The fraction of sp³-hybridized carbons (Fsp3) is 0.480. The van der Waals surface area contributed by atoms with Crippen LogP contribution in [0.1, 0.15) is 31.0 Å². The molecule has 19 heteroatoms. The Hall–Kier alpha value is -4.16. The molecule has 0 bridgehead atoms. The maximum atomic E-state index is 11.9. The summed E-state index contributed by atoms with van der Waals surface area (Å²) in [5.74, 6) is -4.57. The summed E-state index contributed by atoms with van der Waals surface area (Å²) in [5.41, 5.74) is 4.28. The minimum atomic E-state index is -5.08. The lowest BCUT2D eigenvalue weighted by atomic mass is 9.98. The summed E-state index contributed by atoms with van der Waals surface area (Å²) in [7, 11) is -2.99. The number of rotatable bonds is 3. The molecule has 2 aliphatic rings. The smallest absolute Gasteiger partial charge is 0.475 e. The van der Waals surface area contributed by atoms with E-state index in [-0.39, 0.29) is 5.25 Å². The predicted molar refractivity (Wildman–Crippen MR) is 145 cm³/mol. The van der Waals surface area contributed by atoms with E-state index in [1.165, 1.54) is 6.26 Å². The number of halogens is 6. The van der Waals surface area contributed by atoms with Gasteiger partial charge in [0.15, 0.2) is 0 Å². The van der Waals surface area contributed by atoms with Crippen LogP contribution in [-0.2, 0) is 32.4 Å². The van der Waals surface area contributed by atoms with E-state index in [0.29, 0.717) is 32.0 Å². The molecule has 3 aromatic rings. The number of fused-ring (bicyclic) bond motifs is 2. The van der Waals surface area contributed by atoms with Crippen molar-refractivity contribution in [3.63, 3.8) is 0 Å². The van der Waals surface area contributed by atoms with Gasteiger partial charge in [-0.05, 0) is 31.9 Å². The molecule has 3 N–H and O–H groups in total. The highest BCUT2D eigenvalue weighted by molar-refractivity contribution is 7.91. The number of hydrogen-bond acceptors (Lipinski definition) is 9. The molecular formula is C25H28F6N6O6S. The van der Waals surface area contributed by atoms with Crippen LogP contribution in [0.2, 0.25) is 0 Å². The number of pyridine rings is 1. The van der Waals surface area contributed by atoms with Crippen LogP contribution in [-0.4, -0.2) is 93.5 Å². The average Bonchev–Trinajstić information content (AvgIpc) is 3.41. The molecule has 0 saturated carbocycles. The van der Waals surface area contributed by atoms with Gasteiger partial charge < -0.3 is 25.0 Å². The number of nitrogens with zero attached hydrogens (tertiary/aromatic N) is 5. The van der Waals surface area contributed by atoms with Crippen LogP contribution in [0.25, 0.3) is 11.0 Å². The molecule has 0 spiro atoms.